The number of nitrogens with zero attached hydrogens (tertiary/aromatic N) is 1. The zero-order chi connectivity index (χ0) is 10.6. The van der Waals surface area contributed by atoms with Gasteiger partial charge in [-0.05, 0) is 37.0 Å². The SMILES string of the molecule is C/C=C\C=N/c1[nH]cc(C(C)C)c1C. The van der Waals surface area contributed by atoms with E-state index in [1.54, 1.807) is 0 Å². The van der Waals surface area contributed by atoms with Crippen molar-refractivity contribution in [1.82, 2.24) is 4.98 Å². The number of hydrogen-bond donors (Lipinski definition) is 1. The molecule has 0 amide bonds. The Kier molecular flexibility index (Phi) is 3.69. The van der Waals surface area contributed by atoms with Gasteiger partial charge in [-0.1, -0.05) is 19.9 Å². The van der Waals surface area contributed by atoms with E-state index in [0.717, 1.165) is 5.82 Å². The van der Waals surface area contributed by atoms with Crippen LogP contribution in [0.5, 0.6) is 0 Å². The molecular weight excluding hydrogens is 172 g/mol. The summed E-state index contributed by atoms with van der Waals surface area (Å²) in [5, 5.41) is 0. The summed E-state index contributed by atoms with van der Waals surface area (Å²) in [4.78, 5) is 7.51. The van der Waals surface area contributed by atoms with Crippen LogP contribution in [0.2, 0.25) is 0 Å². The fourth-order valence-electron chi connectivity index (χ4n) is 1.44. The number of aromatic nitrogens is 1. The van der Waals surface area contributed by atoms with Gasteiger partial charge < -0.3 is 4.98 Å². The van der Waals surface area contributed by atoms with Gasteiger partial charge in [0.2, 0.25) is 0 Å². The van der Waals surface area contributed by atoms with Crippen molar-refractivity contribution in [3.63, 3.8) is 0 Å². The number of allylic oxidation sites excluding steroid dienone is 2. The average Bonchev–Trinajstić information content (AvgIpc) is 2.48. The highest BCUT2D eigenvalue weighted by atomic mass is 14.9. The monoisotopic (exact) mass is 190 g/mol. The molecule has 2 nitrogen and oxygen atoms in total. The fourth-order valence-corrected chi connectivity index (χ4v) is 1.44. The van der Waals surface area contributed by atoms with E-state index in [4.69, 9.17) is 0 Å². The molecule has 0 aliphatic rings. The van der Waals surface area contributed by atoms with Gasteiger partial charge in [0.15, 0.2) is 0 Å². The van der Waals surface area contributed by atoms with Crippen molar-refractivity contribution < 1.29 is 0 Å². The topological polar surface area (TPSA) is 28.1 Å². The lowest BCUT2D eigenvalue weighted by molar-refractivity contribution is 0.860. The Morgan fingerprint density at radius 1 is 1.43 bits per heavy atom. The Labute approximate surface area is 85.8 Å². The van der Waals surface area contributed by atoms with Crippen LogP contribution in [0.25, 0.3) is 0 Å². The van der Waals surface area contributed by atoms with Gasteiger partial charge in [0, 0.05) is 12.4 Å². The second-order valence-electron chi connectivity index (χ2n) is 3.68. The van der Waals surface area contributed by atoms with Crippen LogP contribution in [0.1, 0.15) is 37.8 Å². The van der Waals surface area contributed by atoms with Crippen LogP contribution in [0, 0.1) is 6.92 Å². The van der Waals surface area contributed by atoms with Gasteiger partial charge in [0.25, 0.3) is 0 Å². The Balaban J connectivity index is 2.90. The van der Waals surface area contributed by atoms with Crippen molar-refractivity contribution in [2.45, 2.75) is 33.6 Å². The molecule has 1 heterocycles. The molecule has 14 heavy (non-hydrogen) atoms. The number of nitrogens with one attached hydrogen (secondary N) is 1. The summed E-state index contributed by atoms with van der Waals surface area (Å²) in [6.07, 6.45) is 7.74. The van der Waals surface area contributed by atoms with E-state index in [-0.39, 0.29) is 0 Å². The molecule has 0 aliphatic carbocycles. The molecule has 0 aromatic carbocycles. The first-order chi connectivity index (χ1) is 6.66. The van der Waals surface area contributed by atoms with Crippen molar-refractivity contribution in [3.8, 4) is 0 Å². The van der Waals surface area contributed by atoms with Crippen LogP contribution in [-0.2, 0) is 0 Å². The molecule has 1 aromatic rings. The maximum absolute atomic E-state index is 4.33. The van der Waals surface area contributed by atoms with Crippen molar-refractivity contribution >= 4 is 12.0 Å². The molecule has 0 saturated heterocycles. The van der Waals surface area contributed by atoms with E-state index in [9.17, 15) is 0 Å². The molecule has 0 aliphatic heterocycles. The predicted octanol–water partition coefficient (Wildman–Crippen LogP) is 3.72. The predicted molar refractivity (Wildman–Crippen MR) is 62.6 cm³/mol. The van der Waals surface area contributed by atoms with E-state index in [0.29, 0.717) is 5.92 Å². The smallest absolute Gasteiger partial charge is 0.133 e. The highest BCUT2D eigenvalue weighted by Gasteiger charge is 2.07. The molecule has 0 spiro atoms. The van der Waals surface area contributed by atoms with Crippen LogP contribution in [0.3, 0.4) is 0 Å². The summed E-state index contributed by atoms with van der Waals surface area (Å²) in [6.45, 7) is 8.46. The van der Waals surface area contributed by atoms with Gasteiger partial charge in [-0.3, -0.25) is 0 Å². The largest absolute Gasteiger partial charge is 0.346 e. The summed E-state index contributed by atoms with van der Waals surface area (Å²) in [5.41, 5.74) is 2.60. The third-order valence-corrected chi connectivity index (χ3v) is 2.26. The van der Waals surface area contributed by atoms with E-state index in [1.165, 1.54) is 11.1 Å². The molecule has 76 valence electrons. The van der Waals surface area contributed by atoms with Crippen molar-refractivity contribution in [2.24, 2.45) is 4.99 Å². The van der Waals surface area contributed by atoms with Gasteiger partial charge in [0.1, 0.15) is 5.82 Å². The molecule has 1 aromatic heterocycles. The van der Waals surface area contributed by atoms with Crippen molar-refractivity contribution in [1.29, 1.82) is 0 Å². The third-order valence-electron chi connectivity index (χ3n) is 2.26. The molecule has 0 atom stereocenters. The first kappa shape index (κ1) is 10.8. The second kappa shape index (κ2) is 4.80. The second-order valence-corrected chi connectivity index (χ2v) is 3.68. The summed E-state index contributed by atoms with van der Waals surface area (Å²) in [7, 11) is 0. The van der Waals surface area contributed by atoms with Crippen molar-refractivity contribution in [3.05, 3.63) is 29.5 Å². The van der Waals surface area contributed by atoms with E-state index in [2.05, 4.69) is 30.7 Å². The summed E-state index contributed by atoms with van der Waals surface area (Å²) in [6, 6.07) is 0. The van der Waals surface area contributed by atoms with Crippen LogP contribution in [0.15, 0.2) is 23.3 Å². The molecule has 0 unspecified atom stereocenters. The zero-order valence-electron chi connectivity index (χ0n) is 9.33. The summed E-state index contributed by atoms with van der Waals surface area (Å²) in [5.74, 6) is 1.52. The highest BCUT2D eigenvalue weighted by molar-refractivity contribution is 5.74. The first-order valence-electron chi connectivity index (χ1n) is 5.00. The molecule has 1 rings (SSSR count). The van der Waals surface area contributed by atoms with Gasteiger partial charge in [-0.25, -0.2) is 4.99 Å². The molecule has 2 heteroatoms. The standard InChI is InChI=1S/C12H18N2/c1-5-6-7-13-12-10(4)11(8-14-12)9(2)3/h5-9,14H,1-4H3/b6-5-,13-7-. The van der Waals surface area contributed by atoms with Gasteiger partial charge in [-0.2, -0.15) is 0 Å². The number of aromatic amines is 1. The van der Waals surface area contributed by atoms with E-state index >= 15 is 0 Å². The lowest BCUT2D eigenvalue weighted by atomic mass is 10.0. The Hall–Kier alpha value is -1.31. The Bertz CT molecular complexity index is 343. The van der Waals surface area contributed by atoms with Crippen LogP contribution in [0.4, 0.5) is 5.82 Å². The normalized spacial score (nSPS) is 12.4. The highest BCUT2D eigenvalue weighted by Crippen LogP contribution is 2.26. The lowest BCUT2D eigenvalue weighted by Gasteiger charge is -2.02. The van der Waals surface area contributed by atoms with Crippen LogP contribution in [-0.4, -0.2) is 11.2 Å². The number of H-pyrrole nitrogens is 1. The van der Waals surface area contributed by atoms with E-state index < -0.39 is 0 Å². The zero-order valence-corrected chi connectivity index (χ0v) is 9.33. The molecule has 0 bridgehead atoms. The van der Waals surface area contributed by atoms with Crippen LogP contribution >= 0.6 is 0 Å². The van der Waals surface area contributed by atoms with Gasteiger partial charge in [0.05, 0.1) is 0 Å². The maximum atomic E-state index is 4.33. The molecule has 0 saturated carbocycles. The molecule has 0 fully saturated rings. The summed E-state index contributed by atoms with van der Waals surface area (Å²) >= 11 is 0. The fraction of sp³-hybridized carbons (Fsp3) is 0.417. The van der Waals surface area contributed by atoms with Crippen molar-refractivity contribution in [2.75, 3.05) is 0 Å². The third kappa shape index (κ3) is 2.34. The first-order valence-corrected chi connectivity index (χ1v) is 5.00. The lowest BCUT2D eigenvalue weighted by Crippen LogP contribution is -1.85. The number of aliphatic imine (C=N–C) groups is 1. The molecular formula is C12H18N2. The molecule has 0 radical (unpaired) electrons. The Morgan fingerprint density at radius 3 is 2.64 bits per heavy atom. The van der Waals surface area contributed by atoms with Gasteiger partial charge in [-0.15, -0.1) is 0 Å². The molecule has 1 N–H and O–H groups in total. The van der Waals surface area contributed by atoms with E-state index in [1.807, 2.05) is 31.5 Å². The average molecular weight is 190 g/mol. The maximum Gasteiger partial charge on any atom is 0.133 e. The quantitative estimate of drug-likeness (QED) is 0.703. The summed E-state index contributed by atoms with van der Waals surface area (Å²) < 4.78 is 0. The minimum atomic E-state index is 0.553. The minimum absolute atomic E-state index is 0.553. The number of rotatable bonds is 3. The number of hydrogen-bond acceptors (Lipinski definition) is 1. The van der Waals surface area contributed by atoms with Crippen LogP contribution < -0.4 is 0 Å². The Morgan fingerprint density at radius 2 is 2.14 bits per heavy atom. The van der Waals surface area contributed by atoms with Gasteiger partial charge >= 0.3 is 0 Å². The minimum Gasteiger partial charge on any atom is -0.346 e.